The summed E-state index contributed by atoms with van der Waals surface area (Å²) in [6.07, 6.45) is 1.95. The number of benzene rings is 1. The molecule has 2 fully saturated rings. The first-order valence-electron chi connectivity index (χ1n) is 7.21. The number of hydrogen-bond donors (Lipinski definition) is 2. The number of halogens is 1. The van der Waals surface area contributed by atoms with E-state index in [0.29, 0.717) is 17.3 Å². The SMILES string of the molecule is O=C(CN1CC2NCCCC2C1=O)Nc1ccc(Cl)cc1. The number of nitrogens with one attached hydrogen (secondary N) is 2. The van der Waals surface area contributed by atoms with Gasteiger partial charge in [0.2, 0.25) is 11.8 Å². The lowest BCUT2D eigenvalue weighted by Gasteiger charge is -2.23. The van der Waals surface area contributed by atoms with E-state index in [1.165, 1.54) is 0 Å². The van der Waals surface area contributed by atoms with Crippen molar-refractivity contribution in [2.45, 2.75) is 18.9 Å². The Hall–Kier alpha value is -1.59. The van der Waals surface area contributed by atoms with Gasteiger partial charge in [0.15, 0.2) is 0 Å². The molecule has 2 aliphatic rings. The molecular weight excluding hydrogens is 290 g/mol. The molecule has 2 heterocycles. The second kappa shape index (κ2) is 6.03. The number of nitrogens with zero attached hydrogens (tertiary/aromatic N) is 1. The van der Waals surface area contributed by atoms with Crippen LogP contribution in [-0.4, -0.2) is 42.4 Å². The zero-order valence-corrected chi connectivity index (χ0v) is 12.4. The van der Waals surface area contributed by atoms with Crippen molar-refractivity contribution in [3.63, 3.8) is 0 Å². The van der Waals surface area contributed by atoms with Crippen molar-refractivity contribution in [2.75, 3.05) is 25.0 Å². The maximum absolute atomic E-state index is 12.3. The van der Waals surface area contributed by atoms with Gasteiger partial charge in [-0.15, -0.1) is 0 Å². The van der Waals surface area contributed by atoms with E-state index in [9.17, 15) is 9.59 Å². The lowest BCUT2D eigenvalue weighted by Crippen LogP contribution is -2.41. The molecule has 2 saturated heterocycles. The van der Waals surface area contributed by atoms with Crippen LogP contribution in [-0.2, 0) is 9.59 Å². The number of carbonyl (C=O) groups is 2. The van der Waals surface area contributed by atoms with Gasteiger partial charge in [0.25, 0.3) is 0 Å². The first kappa shape index (κ1) is 14.4. The number of carbonyl (C=O) groups excluding carboxylic acids is 2. The van der Waals surface area contributed by atoms with Gasteiger partial charge in [-0.25, -0.2) is 0 Å². The molecule has 0 aliphatic carbocycles. The van der Waals surface area contributed by atoms with Gasteiger partial charge in [0, 0.05) is 23.3 Å². The van der Waals surface area contributed by atoms with Gasteiger partial charge in [-0.1, -0.05) is 11.6 Å². The summed E-state index contributed by atoms with van der Waals surface area (Å²) in [5, 5.41) is 6.77. The van der Waals surface area contributed by atoms with Crippen LogP contribution in [0.1, 0.15) is 12.8 Å². The van der Waals surface area contributed by atoms with E-state index in [4.69, 9.17) is 11.6 Å². The molecule has 0 radical (unpaired) electrons. The van der Waals surface area contributed by atoms with Crippen molar-refractivity contribution in [1.29, 1.82) is 0 Å². The summed E-state index contributed by atoms with van der Waals surface area (Å²) in [5.41, 5.74) is 0.687. The fraction of sp³-hybridized carbons (Fsp3) is 0.467. The topological polar surface area (TPSA) is 61.4 Å². The average molecular weight is 308 g/mol. The summed E-state index contributed by atoms with van der Waals surface area (Å²) < 4.78 is 0. The third kappa shape index (κ3) is 3.19. The number of anilines is 1. The van der Waals surface area contributed by atoms with Gasteiger partial charge in [-0.05, 0) is 43.7 Å². The lowest BCUT2D eigenvalue weighted by atomic mass is 9.94. The molecule has 2 amide bonds. The van der Waals surface area contributed by atoms with Crippen molar-refractivity contribution >= 4 is 29.1 Å². The van der Waals surface area contributed by atoms with Crippen LogP contribution in [0.3, 0.4) is 0 Å². The Morgan fingerprint density at radius 3 is 2.86 bits per heavy atom. The summed E-state index contributed by atoms with van der Waals surface area (Å²) in [4.78, 5) is 26.0. The zero-order chi connectivity index (χ0) is 14.8. The van der Waals surface area contributed by atoms with Crippen molar-refractivity contribution in [3.8, 4) is 0 Å². The third-order valence-electron chi connectivity index (χ3n) is 4.09. The molecule has 1 aromatic rings. The fourth-order valence-electron chi connectivity index (χ4n) is 3.05. The van der Waals surface area contributed by atoms with Gasteiger partial charge >= 0.3 is 0 Å². The van der Waals surface area contributed by atoms with E-state index >= 15 is 0 Å². The Morgan fingerprint density at radius 1 is 1.38 bits per heavy atom. The maximum atomic E-state index is 12.3. The summed E-state index contributed by atoms with van der Waals surface area (Å²) >= 11 is 5.80. The summed E-state index contributed by atoms with van der Waals surface area (Å²) in [5.74, 6) is -0.0372. The van der Waals surface area contributed by atoms with Crippen molar-refractivity contribution in [3.05, 3.63) is 29.3 Å². The van der Waals surface area contributed by atoms with E-state index in [0.717, 1.165) is 19.4 Å². The predicted molar refractivity (Wildman–Crippen MR) is 81.2 cm³/mol. The number of rotatable bonds is 3. The van der Waals surface area contributed by atoms with Crippen LogP contribution < -0.4 is 10.6 Å². The highest BCUT2D eigenvalue weighted by Crippen LogP contribution is 2.26. The van der Waals surface area contributed by atoms with Crippen LogP contribution in [0.25, 0.3) is 0 Å². The van der Waals surface area contributed by atoms with E-state index in [-0.39, 0.29) is 30.3 Å². The van der Waals surface area contributed by atoms with Crippen LogP contribution in [0.2, 0.25) is 5.02 Å². The molecule has 2 aliphatic heterocycles. The third-order valence-corrected chi connectivity index (χ3v) is 4.34. The van der Waals surface area contributed by atoms with Gasteiger partial charge in [-0.3, -0.25) is 9.59 Å². The molecule has 6 heteroatoms. The number of fused-ring (bicyclic) bond motifs is 1. The normalized spacial score (nSPS) is 24.8. The Bertz CT molecular complexity index is 546. The number of piperidine rings is 1. The molecule has 1 aromatic carbocycles. The van der Waals surface area contributed by atoms with Crippen molar-refractivity contribution in [1.82, 2.24) is 10.2 Å². The van der Waals surface area contributed by atoms with E-state index in [1.54, 1.807) is 29.2 Å². The summed E-state index contributed by atoms with van der Waals surface area (Å²) in [6.45, 7) is 1.69. The quantitative estimate of drug-likeness (QED) is 0.889. The Labute approximate surface area is 128 Å². The zero-order valence-electron chi connectivity index (χ0n) is 11.6. The Morgan fingerprint density at radius 2 is 2.14 bits per heavy atom. The summed E-state index contributed by atoms with van der Waals surface area (Å²) in [6, 6.07) is 7.13. The smallest absolute Gasteiger partial charge is 0.243 e. The van der Waals surface area contributed by atoms with E-state index in [1.807, 2.05) is 0 Å². The molecule has 2 N–H and O–H groups in total. The Kier molecular flexibility index (Phi) is 4.12. The molecule has 3 rings (SSSR count). The lowest BCUT2D eigenvalue weighted by molar-refractivity contribution is -0.134. The first-order chi connectivity index (χ1) is 10.1. The molecule has 0 aromatic heterocycles. The number of amides is 2. The van der Waals surface area contributed by atoms with Gasteiger partial charge in [-0.2, -0.15) is 0 Å². The molecule has 0 saturated carbocycles. The van der Waals surface area contributed by atoms with Gasteiger partial charge in [0.1, 0.15) is 0 Å². The van der Waals surface area contributed by atoms with Gasteiger partial charge in [0.05, 0.1) is 12.5 Å². The first-order valence-corrected chi connectivity index (χ1v) is 7.59. The molecule has 5 nitrogen and oxygen atoms in total. The van der Waals surface area contributed by atoms with Crippen molar-refractivity contribution < 1.29 is 9.59 Å². The van der Waals surface area contributed by atoms with Crippen LogP contribution in [0.5, 0.6) is 0 Å². The number of hydrogen-bond acceptors (Lipinski definition) is 3. The van der Waals surface area contributed by atoms with Crippen LogP contribution in [0.4, 0.5) is 5.69 Å². The molecule has 21 heavy (non-hydrogen) atoms. The largest absolute Gasteiger partial charge is 0.331 e. The molecule has 0 bridgehead atoms. The molecule has 2 unspecified atom stereocenters. The highest BCUT2D eigenvalue weighted by Gasteiger charge is 2.41. The Balaban J connectivity index is 1.57. The fourth-order valence-corrected chi connectivity index (χ4v) is 3.18. The van der Waals surface area contributed by atoms with E-state index in [2.05, 4.69) is 10.6 Å². The van der Waals surface area contributed by atoms with Gasteiger partial charge < -0.3 is 15.5 Å². The summed E-state index contributed by atoms with van der Waals surface area (Å²) in [7, 11) is 0. The van der Waals surface area contributed by atoms with Crippen LogP contribution >= 0.6 is 11.6 Å². The minimum Gasteiger partial charge on any atom is -0.331 e. The molecule has 2 atom stereocenters. The van der Waals surface area contributed by atoms with Crippen LogP contribution in [0.15, 0.2) is 24.3 Å². The second-order valence-electron chi connectivity index (χ2n) is 5.58. The monoisotopic (exact) mass is 307 g/mol. The molecule has 0 spiro atoms. The standard InChI is InChI=1S/C15H18ClN3O2/c16-10-3-5-11(6-4-10)18-14(20)9-19-8-13-12(15(19)21)2-1-7-17-13/h3-6,12-13,17H,1-2,7-9H2,(H,18,20). The maximum Gasteiger partial charge on any atom is 0.243 e. The average Bonchev–Trinajstić information content (AvgIpc) is 2.78. The molecule has 112 valence electrons. The van der Waals surface area contributed by atoms with E-state index < -0.39 is 0 Å². The second-order valence-corrected chi connectivity index (χ2v) is 6.02. The minimum absolute atomic E-state index is 0.0436. The highest BCUT2D eigenvalue weighted by atomic mass is 35.5. The number of likely N-dealkylation sites (tertiary alicyclic amines) is 1. The van der Waals surface area contributed by atoms with Crippen LogP contribution in [0, 0.1) is 5.92 Å². The van der Waals surface area contributed by atoms with Crippen molar-refractivity contribution in [2.24, 2.45) is 5.92 Å². The molecular formula is C15H18ClN3O2. The predicted octanol–water partition coefficient (Wildman–Crippen LogP) is 1.49. The minimum atomic E-state index is -0.177. The highest BCUT2D eigenvalue weighted by molar-refractivity contribution is 6.30.